The smallest absolute Gasteiger partial charge is 0.338 e. The van der Waals surface area contributed by atoms with Crippen molar-refractivity contribution in [3.05, 3.63) is 77.7 Å². The van der Waals surface area contributed by atoms with Gasteiger partial charge in [0.15, 0.2) is 0 Å². The predicted molar refractivity (Wildman–Crippen MR) is 119 cm³/mol. The molecule has 0 amide bonds. The average Bonchev–Trinajstić information content (AvgIpc) is 3.61. The van der Waals surface area contributed by atoms with Gasteiger partial charge in [0.25, 0.3) is 5.97 Å². The van der Waals surface area contributed by atoms with Gasteiger partial charge >= 0.3 is 5.97 Å². The summed E-state index contributed by atoms with van der Waals surface area (Å²) >= 11 is 0. The lowest BCUT2D eigenvalue weighted by atomic mass is 10.1. The molecule has 4 rings (SSSR count). The van der Waals surface area contributed by atoms with E-state index in [9.17, 15) is 9.18 Å². The first-order valence-corrected chi connectivity index (χ1v) is 10.3. The van der Waals surface area contributed by atoms with E-state index in [1.165, 1.54) is 25.0 Å². The van der Waals surface area contributed by atoms with Gasteiger partial charge < -0.3 is 19.7 Å². The van der Waals surface area contributed by atoms with Crippen LogP contribution in [0.3, 0.4) is 0 Å². The van der Waals surface area contributed by atoms with Crippen LogP contribution in [0.15, 0.2) is 60.8 Å². The molecular formula is C25H24FNO6. The van der Waals surface area contributed by atoms with Crippen LogP contribution in [0.1, 0.15) is 35.7 Å². The standard InChI is InChI=1S/C23H20FNO4.C2H4O2/c24-21-10-16(6-8-20(21)23(26)27)14-28-19-3-1-2-17(11-19)18-7-9-22(25-12-18)29-13-15-4-5-15;1-2(3)4/h1-3,6-12,15H,4-5,13-14H2,(H,26,27);1H3,(H,3,4). The second-order valence-electron chi connectivity index (χ2n) is 7.59. The molecule has 0 saturated heterocycles. The largest absolute Gasteiger partial charge is 0.489 e. The number of carboxylic acid groups (broad SMARTS) is 2. The second-order valence-corrected chi connectivity index (χ2v) is 7.59. The number of rotatable bonds is 8. The first-order valence-electron chi connectivity index (χ1n) is 10.3. The Labute approximate surface area is 190 Å². The van der Waals surface area contributed by atoms with E-state index in [0.29, 0.717) is 23.1 Å². The van der Waals surface area contributed by atoms with Crippen LogP contribution in [0.5, 0.6) is 11.6 Å². The molecule has 1 aliphatic rings. The second kappa shape index (κ2) is 11.1. The van der Waals surface area contributed by atoms with Crippen molar-refractivity contribution in [2.75, 3.05) is 6.61 Å². The van der Waals surface area contributed by atoms with E-state index in [2.05, 4.69) is 4.98 Å². The number of aliphatic carboxylic acids is 1. The Bertz CT molecular complexity index is 1110. The number of benzene rings is 2. The molecule has 0 aliphatic heterocycles. The van der Waals surface area contributed by atoms with Crippen molar-refractivity contribution < 1.29 is 33.7 Å². The summed E-state index contributed by atoms with van der Waals surface area (Å²) in [5.41, 5.74) is 2.08. The number of halogens is 1. The lowest BCUT2D eigenvalue weighted by Gasteiger charge is -2.10. The predicted octanol–water partition coefficient (Wildman–Crippen LogP) is 5.04. The number of ether oxygens (including phenoxy) is 2. The minimum atomic E-state index is -1.29. The lowest BCUT2D eigenvalue weighted by Crippen LogP contribution is -2.03. The Balaban J connectivity index is 0.000000709. The maximum atomic E-state index is 13.8. The zero-order valence-corrected chi connectivity index (χ0v) is 18.0. The van der Waals surface area contributed by atoms with Crippen LogP contribution in [0, 0.1) is 11.7 Å². The fraction of sp³-hybridized carbons (Fsp3) is 0.240. The van der Waals surface area contributed by atoms with E-state index in [0.717, 1.165) is 24.7 Å². The number of aromatic nitrogens is 1. The summed E-state index contributed by atoms with van der Waals surface area (Å²) < 4.78 is 25.2. The highest BCUT2D eigenvalue weighted by atomic mass is 19.1. The highest BCUT2D eigenvalue weighted by Crippen LogP contribution is 2.30. The number of carbonyl (C=O) groups is 2. The van der Waals surface area contributed by atoms with Crippen LogP contribution in [-0.2, 0) is 11.4 Å². The number of carboxylic acids is 2. The maximum absolute atomic E-state index is 13.8. The number of nitrogens with zero attached hydrogens (tertiary/aromatic N) is 1. The molecule has 172 valence electrons. The van der Waals surface area contributed by atoms with Crippen molar-refractivity contribution in [3.63, 3.8) is 0 Å². The Morgan fingerprint density at radius 2 is 1.79 bits per heavy atom. The fourth-order valence-corrected chi connectivity index (χ4v) is 2.88. The molecule has 7 nitrogen and oxygen atoms in total. The van der Waals surface area contributed by atoms with E-state index in [1.54, 1.807) is 12.3 Å². The Kier molecular flexibility index (Phi) is 7.96. The summed E-state index contributed by atoms with van der Waals surface area (Å²) in [6.07, 6.45) is 4.24. The van der Waals surface area contributed by atoms with Gasteiger partial charge in [0.05, 0.1) is 12.2 Å². The quantitative estimate of drug-likeness (QED) is 0.492. The Morgan fingerprint density at radius 1 is 1.03 bits per heavy atom. The van der Waals surface area contributed by atoms with E-state index in [4.69, 9.17) is 24.5 Å². The molecule has 1 aliphatic carbocycles. The number of hydrogen-bond acceptors (Lipinski definition) is 5. The molecule has 3 aromatic rings. The van der Waals surface area contributed by atoms with E-state index in [-0.39, 0.29) is 12.2 Å². The Morgan fingerprint density at radius 3 is 2.39 bits per heavy atom. The molecule has 1 aromatic heterocycles. The normalized spacial score (nSPS) is 12.3. The first-order chi connectivity index (χ1) is 15.8. The SMILES string of the molecule is CC(=O)O.O=C(O)c1ccc(COc2cccc(-c3ccc(OCC4CC4)nc3)c2)cc1F. The summed E-state index contributed by atoms with van der Waals surface area (Å²) in [6, 6.07) is 15.3. The molecule has 1 saturated carbocycles. The van der Waals surface area contributed by atoms with Gasteiger partial charge in [0, 0.05) is 24.8 Å². The molecule has 2 N–H and O–H groups in total. The van der Waals surface area contributed by atoms with Crippen molar-refractivity contribution in [3.8, 4) is 22.8 Å². The molecular weight excluding hydrogens is 429 g/mol. The van der Waals surface area contributed by atoms with Gasteiger partial charge in [0.2, 0.25) is 5.88 Å². The summed E-state index contributed by atoms with van der Waals surface area (Å²) in [7, 11) is 0. The van der Waals surface area contributed by atoms with Gasteiger partial charge in [-0.15, -0.1) is 0 Å². The monoisotopic (exact) mass is 453 g/mol. The van der Waals surface area contributed by atoms with E-state index < -0.39 is 17.8 Å². The Hall–Kier alpha value is -3.94. The van der Waals surface area contributed by atoms with Crippen molar-refractivity contribution in [1.29, 1.82) is 0 Å². The highest BCUT2D eigenvalue weighted by molar-refractivity contribution is 5.87. The molecule has 2 aromatic carbocycles. The molecule has 0 radical (unpaired) electrons. The minimum Gasteiger partial charge on any atom is -0.489 e. The van der Waals surface area contributed by atoms with Crippen LogP contribution >= 0.6 is 0 Å². The van der Waals surface area contributed by atoms with Gasteiger partial charge in [-0.1, -0.05) is 18.2 Å². The molecule has 0 unspecified atom stereocenters. The third-order valence-corrected chi connectivity index (χ3v) is 4.74. The van der Waals surface area contributed by atoms with Crippen LogP contribution in [-0.4, -0.2) is 33.7 Å². The topological polar surface area (TPSA) is 106 Å². The molecule has 8 heteroatoms. The molecule has 33 heavy (non-hydrogen) atoms. The zero-order chi connectivity index (χ0) is 23.8. The molecule has 1 heterocycles. The maximum Gasteiger partial charge on any atom is 0.338 e. The van der Waals surface area contributed by atoms with Gasteiger partial charge in [-0.3, -0.25) is 4.79 Å². The lowest BCUT2D eigenvalue weighted by molar-refractivity contribution is -0.134. The van der Waals surface area contributed by atoms with E-state index in [1.807, 2.05) is 36.4 Å². The van der Waals surface area contributed by atoms with Gasteiger partial charge in [0.1, 0.15) is 18.2 Å². The van der Waals surface area contributed by atoms with Gasteiger partial charge in [-0.2, -0.15) is 0 Å². The van der Waals surface area contributed by atoms with Crippen molar-refractivity contribution >= 4 is 11.9 Å². The molecule has 1 fully saturated rings. The molecule has 0 bridgehead atoms. The third kappa shape index (κ3) is 7.60. The minimum absolute atomic E-state index is 0.131. The summed E-state index contributed by atoms with van der Waals surface area (Å²) in [4.78, 5) is 24.2. The van der Waals surface area contributed by atoms with Crippen LogP contribution in [0.4, 0.5) is 4.39 Å². The first kappa shape index (κ1) is 23.7. The molecule has 0 spiro atoms. The van der Waals surface area contributed by atoms with Crippen LogP contribution in [0.25, 0.3) is 11.1 Å². The fourth-order valence-electron chi connectivity index (χ4n) is 2.88. The number of hydrogen-bond donors (Lipinski definition) is 2. The van der Waals surface area contributed by atoms with Crippen LogP contribution < -0.4 is 9.47 Å². The molecule has 0 atom stereocenters. The highest BCUT2D eigenvalue weighted by Gasteiger charge is 2.22. The van der Waals surface area contributed by atoms with Crippen molar-refractivity contribution in [2.45, 2.75) is 26.4 Å². The number of pyridine rings is 1. The average molecular weight is 453 g/mol. The summed E-state index contributed by atoms with van der Waals surface area (Å²) in [6.45, 7) is 1.94. The number of aromatic carboxylic acids is 1. The summed E-state index contributed by atoms with van der Waals surface area (Å²) in [5.74, 6) is -0.971. The van der Waals surface area contributed by atoms with Crippen molar-refractivity contribution in [2.24, 2.45) is 5.92 Å². The van der Waals surface area contributed by atoms with Crippen LogP contribution in [0.2, 0.25) is 0 Å². The van der Waals surface area contributed by atoms with E-state index >= 15 is 0 Å². The third-order valence-electron chi connectivity index (χ3n) is 4.74. The zero-order valence-electron chi connectivity index (χ0n) is 18.0. The van der Waals surface area contributed by atoms with Gasteiger partial charge in [-0.05, 0) is 60.2 Å². The van der Waals surface area contributed by atoms with Crippen molar-refractivity contribution in [1.82, 2.24) is 4.98 Å². The summed E-state index contributed by atoms with van der Waals surface area (Å²) in [5, 5.41) is 16.3. The van der Waals surface area contributed by atoms with Gasteiger partial charge in [-0.25, -0.2) is 14.2 Å².